The van der Waals surface area contributed by atoms with Crippen LogP contribution in [0.5, 0.6) is 5.75 Å². The number of likely N-dealkylation sites (tertiary alicyclic amines) is 1. The van der Waals surface area contributed by atoms with Gasteiger partial charge in [0.2, 0.25) is 5.91 Å². The van der Waals surface area contributed by atoms with E-state index in [0.29, 0.717) is 12.5 Å². The molecule has 0 saturated carbocycles. The summed E-state index contributed by atoms with van der Waals surface area (Å²) in [7, 11) is 0. The van der Waals surface area contributed by atoms with Gasteiger partial charge in [-0.05, 0) is 48.1 Å². The van der Waals surface area contributed by atoms with E-state index in [1.165, 1.54) is 5.56 Å². The third-order valence-corrected chi connectivity index (χ3v) is 4.77. The Kier molecular flexibility index (Phi) is 4.48. The smallest absolute Gasteiger partial charge is 0.246 e. The molecule has 3 rings (SSSR count). The molecule has 118 valence electrons. The summed E-state index contributed by atoms with van der Waals surface area (Å²) in [6, 6.07) is 6.25. The van der Waals surface area contributed by atoms with Crippen molar-refractivity contribution in [3.63, 3.8) is 0 Å². The number of carbonyl (C=O) groups is 1. The van der Waals surface area contributed by atoms with E-state index in [4.69, 9.17) is 10.5 Å². The largest absolute Gasteiger partial charge is 0.493 e. The van der Waals surface area contributed by atoms with Crippen LogP contribution in [0.25, 0.3) is 6.08 Å². The molecule has 0 bridgehead atoms. The number of carbonyl (C=O) groups excluding carboxylic acids is 1. The Morgan fingerprint density at radius 2 is 2.36 bits per heavy atom. The maximum absolute atomic E-state index is 12.5. The molecule has 2 N–H and O–H groups in total. The summed E-state index contributed by atoms with van der Waals surface area (Å²) in [5, 5.41) is 0. The van der Waals surface area contributed by atoms with Gasteiger partial charge in [0.15, 0.2) is 0 Å². The Morgan fingerprint density at radius 1 is 1.50 bits per heavy atom. The van der Waals surface area contributed by atoms with Gasteiger partial charge in [0.05, 0.1) is 6.61 Å². The van der Waals surface area contributed by atoms with Crippen molar-refractivity contribution in [1.82, 2.24) is 4.90 Å². The average Bonchev–Trinajstić information content (AvgIpc) is 3.00. The van der Waals surface area contributed by atoms with E-state index in [-0.39, 0.29) is 11.9 Å². The zero-order valence-corrected chi connectivity index (χ0v) is 13.1. The van der Waals surface area contributed by atoms with Crippen molar-refractivity contribution in [1.29, 1.82) is 0 Å². The second kappa shape index (κ2) is 6.53. The number of piperidine rings is 1. The molecule has 2 atom stereocenters. The Hall–Kier alpha value is -1.81. The molecule has 1 fully saturated rings. The molecule has 2 aliphatic rings. The summed E-state index contributed by atoms with van der Waals surface area (Å²) < 4.78 is 5.50. The lowest BCUT2D eigenvalue weighted by atomic mass is 9.90. The monoisotopic (exact) mass is 300 g/mol. The number of ether oxygens (including phenoxy) is 1. The first kappa shape index (κ1) is 15.1. The minimum absolute atomic E-state index is 0.0683. The molecular weight excluding hydrogens is 276 g/mol. The van der Waals surface area contributed by atoms with Crippen LogP contribution in [0.1, 0.15) is 30.9 Å². The SMILES string of the molecule is CC1CCCN(C(=O)/C=C/c2ccc3c(c2)CCO3)C1CN. The summed E-state index contributed by atoms with van der Waals surface area (Å²) in [5.74, 6) is 1.52. The second-order valence-corrected chi connectivity index (χ2v) is 6.25. The highest BCUT2D eigenvalue weighted by molar-refractivity contribution is 5.92. The molecule has 0 aromatic heterocycles. The van der Waals surface area contributed by atoms with E-state index in [1.54, 1.807) is 6.08 Å². The minimum atomic E-state index is 0.0683. The molecule has 2 heterocycles. The molecule has 1 aromatic carbocycles. The Labute approximate surface area is 131 Å². The van der Waals surface area contributed by atoms with Gasteiger partial charge in [-0.2, -0.15) is 0 Å². The summed E-state index contributed by atoms with van der Waals surface area (Å²) in [5.41, 5.74) is 8.13. The van der Waals surface area contributed by atoms with Crippen LogP contribution >= 0.6 is 0 Å². The summed E-state index contributed by atoms with van der Waals surface area (Å²) in [4.78, 5) is 14.4. The molecule has 2 unspecified atom stereocenters. The Bertz CT molecular complexity index is 582. The first-order chi connectivity index (χ1) is 10.7. The van der Waals surface area contributed by atoms with Gasteiger partial charge in [0.1, 0.15) is 5.75 Å². The molecule has 0 spiro atoms. The van der Waals surface area contributed by atoms with E-state index in [2.05, 4.69) is 13.0 Å². The minimum Gasteiger partial charge on any atom is -0.493 e. The van der Waals surface area contributed by atoms with Crippen LogP contribution in [-0.4, -0.2) is 36.5 Å². The highest BCUT2D eigenvalue weighted by atomic mass is 16.5. The quantitative estimate of drug-likeness (QED) is 0.871. The molecule has 1 aromatic rings. The van der Waals surface area contributed by atoms with Gasteiger partial charge in [0.25, 0.3) is 0 Å². The number of benzene rings is 1. The van der Waals surface area contributed by atoms with E-state index in [0.717, 1.165) is 43.7 Å². The standard InChI is InChI=1S/C18H24N2O2/c1-13-3-2-9-20(16(13)12-19)18(21)7-5-14-4-6-17-15(11-14)8-10-22-17/h4-7,11,13,16H,2-3,8-10,12,19H2,1H3/b7-5+. The first-order valence-electron chi connectivity index (χ1n) is 8.13. The van der Waals surface area contributed by atoms with Crippen molar-refractivity contribution < 1.29 is 9.53 Å². The third kappa shape index (κ3) is 3.02. The molecule has 0 radical (unpaired) electrons. The van der Waals surface area contributed by atoms with Crippen LogP contribution in [0.2, 0.25) is 0 Å². The molecule has 1 amide bonds. The fourth-order valence-electron chi connectivity index (χ4n) is 3.46. The van der Waals surface area contributed by atoms with Crippen molar-refractivity contribution in [3.05, 3.63) is 35.4 Å². The molecule has 1 saturated heterocycles. The number of fused-ring (bicyclic) bond motifs is 1. The lowest BCUT2D eigenvalue weighted by molar-refractivity contribution is -0.130. The number of hydrogen-bond donors (Lipinski definition) is 1. The van der Waals surface area contributed by atoms with Gasteiger partial charge in [-0.25, -0.2) is 0 Å². The number of amides is 1. The highest BCUT2D eigenvalue weighted by Crippen LogP contribution is 2.26. The molecule has 4 heteroatoms. The average molecular weight is 300 g/mol. The number of hydrogen-bond acceptors (Lipinski definition) is 3. The van der Waals surface area contributed by atoms with Crippen molar-refractivity contribution in [2.45, 2.75) is 32.2 Å². The fourth-order valence-corrected chi connectivity index (χ4v) is 3.46. The van der Waals surface area contributed by atoms with E-state index in [1.807, 2.05) is 23.1 Å². The van der Waals surface area contributed by atoms with Gasteiger partial charge >= 0.3 is 0 Å². The molecule has 2 aliphatic heterocycles. The van der Waals surface area contributed by atoms with Crippen LogP contribution in [0.4, 0.5) is 0 Å². The van der Waals surface area contributed by atoms with Crippen molar-refractivity contribution in [2.24, 2.45) is 11.7 Å². The van der Waals surface area contributed by atoms with Gasteiger partial charge < -0.3 is 15.4 Å². The molecule has 4 nitrogen and oxygen atoms in total. The molecular formula is C18H24N2O2. The Balaban J connectivity index is 1.70. The summed E-state index contributed by atoms with van der Waals surface area (Å²) in [6.45, 7) is 4.29. The maximum atomic E-state index is 12.5. The van der Waals surface area contributed by atoms with Crippen LogP contribution in [0.3, 0.4) is 0 Å². The lowest BCUT2D eigenvalue weighted by Gasteiger charge is -2.38. The van der Waals surface area contributed by atoms with Crippen LogP contribution < -0.4 is 10.5 Å². The summed E-state index contributed by atoms with van der Waals surface area (Å²) in [6.07, 6.45) is 6.74. The normalized spacial score (nSPS) is 24.4. The predicted octanol–water partition coefficient (Wildman–Crippen LogP) is 2.22. The van der Waals surface area contributed by atoms with Gasteiger partial charge in [-0.3, -0.25) is 4.79 Å². The van der Waals surface area contributed by atoms with Crippen LogP contribution in [0.15, 0.2) is 24.3 Å². The number of nitrogens with two attached hydrogens (primary N) is 1. The number of nitrogens with zero attached hydrogens (tertiary/aromatic N) is 1. The van der Waals surface area contributed by atoms with E-state index in [9.17, 15) is 4.79 Å². The number of rotatable bonds is 3. The van der Waals surface area contributed by atoms with Crippen LogP contribution in [0, 0.1) is 5.92 Å². The highest BCUT2D eigenvalue weighted by Gasteiger charge is 2.29. The van der Waals surface area contributed by atoms with Crippen molar-refractivity contribution >= 4 is 12.0 Å². The Morgan fingerprint density at radius 3 is 3.18 bits per heavy atom. The lowest BCUT2D eigenvalue weighted by Crippen LogP contribution is -2.50. The summed E-state index contributed by atoms with van der Waals surface area (Å²) >= 11 is 0. The van der Waals surface area contributed by atoms with Crippen molar-refractivity contribution in [2.75, 3.05) is 19.7 Å². The van der Waals surface area contributed by atoms with E-state index >= 15 is 0 Å². The third-order valence-electron chi connectivity index (χ3n) is 4.77. The van der Waals surface area contributed by atoms with Gasteiger partial charge in [-0.1, -0.05) is 13.0 Å². The maximum Gasteiger partial charge on any atom is 0.246 e. The fraction of sp³-hybridized carbons (Fsp3) is 0.500. The zero-order chi connectivity index (χ0) is 15.5. The van der Waals surface area contributed by atoms with Crippen LogP contribution in [-0.2, 0) is 11.2 Å². The first-order valence-corrected chi connectivity index (χ1v) is 8.13. The predicted molar refractivity (Wildman–Crippen MR) is 87.6 cm³/mol. The molecule has 0 aliphatic carbocycles. The van der Waals surface area contributed by atoms with Crippen molar-refractivity contribution in [3.8, 4) is 5.75 Å². The topological polar surface area (TPSA) is 55.6 Å². The van der Waals surface area contributed by atoms with Gasteiger partial charge in [0, 0.05) is 31.6 Å². The second-order valence-electron chi connectivity index (χ2n) is 6.25. The molecule has 22 heavy (non-hydrogen) atoms. The zero-order valence-electron chi connectivity index (χ0n) is 13.1. The van der Waals surface area contributed by atoms with E-state index < -0.39 is 0 Å². The van der Waals surface area contributed by atoms with Gasteiger partial charge in [-0.15, -0.1) is 0 Å².